The molecule has 4 nitrogen and oxygen atoms in total. The van der Waals surface area contributed by atoms with Gasteiger partial charge < -0.3 is 10.1 Å². The van der Waals surface area contributed by atoms with Crippen molar-refractivity contribution >= 4 is 33.7 Å². The van der Waals surface area contributed by atoms with Gasteiger partial charge in [-0.15, -0.1) is 11.3 Å². The molecule has 0 atom stereocenters. The zero-order chi connectivity index (χ0) is 20.3. The Bertz CT molecular complexity index is 1200. The smallest absolute Gasteiger partial charge is 0.407 e. The lowest BCUT2D eigenvalue weighted by atomic mass is 9.98. The van der Waals surface area contributed by atoms with Crippen LogP contribution < -0.4 is 5.32 Å². The topological polar surface area (TPSA) is 51.2 Å². The molecule has 0 spiro atoms. The lowest BCUT2D eigenvalue weighted by Gasteiger charge is -2.14. The lowest BCUT2D eigenvalue weighted by Crippen LogP contribution is -2.26. The minimum Gasteiger partial charge on any atom is -0.449 e. The molecule has 4 aromatic rings. The molecule has 0 aliphatic heterocycles. The maximum Gasteiger partial charge on any atom is 0.407 e. The van der Waals surface area contributed by atoms with Crippen molar-refractivity contribution in [2.24, 2.45) is 0 Å². The number of carbonyl (C=O) groups is 1. The monoisotopic (exact) mass is 412 g/mol. The molecule has 148 valence electrons. The first-order valence-electron chi connectivity index (χ1n) is 9.88. The number of aromatic nitrogens is 1. The second kappa shape index (κ2) is 8.13. The molecule has 0 saturated heterocycles. The molecule has 0 bridgehead atoms. The molecule has 0 radical (unpaired) electrons. The summed E-state index contributed by atoms with van der Waals surface area (Å²) < 4.78 is 6.72. The molecule has 1 aliphatic carbocycles. The third kappa shape index (κ3) is 3.60. The normalized spacial score (nSPS) is 12.8. The number of hydrogen-bond acceptors (Lipinski definition) is 4. The Balaban J connectivity index is 1.18. The second-order valence-electron chi connectivity index (χ2n) is 7.19. The summed E-state index contributed by atoms with van der Waals surface area (Å²) in [4.78, 5) is 16.5. The zero-order valence-corrected chi connectivity index (χ0v) is 17.1. The van der Waals surface area contributed by atoms with Crippen LogP contribution in [0.2, 0.25) is 0 Å². The van der Waals surface area contributed by atoms with E-state index in [1.54, 1.807) is 11.3 Å². The van der Waals surface area contributed by atoms with E-state index in [1.165, 1.54) is 27.0 Å². The number of alkyl carbamates (subject to hydrolysis) is 1. The first kappa shape index (κ1) is 18.6. The Hall–Kier alpha value is -3.44. The maximum atomic E-state index is 12.2. The number of nitrogens with zero attached hydrogens (tertiary/aromatic N) is 1. The fourth-order valence-electron chi connectivity index (χ4n) is 3.97. The van der Waals surface area contributed by atoms with E-state index in [4.69, 9.17) is 4.74 Å². The van der Waals surface area contributed by atoms with Crippen LogP contribution in [0.4, 0.5) is 4.79 Å². The predicted molar refractivity (Wildman–Crippen MR) is 122 cm³/mol. The van der Waals surface area contributed by atoms with Gasteiger partial charge in [0.05, 0.1) is 15.7 Å². The summed E-state index contributed by atoms with van der Waals surface area (Å²) in [5.41, 5.74) is 8.77. The molecular formula is C25H20N2O2S. The average Bonchev–Trinajstić information content (AvgIpc) is 3.37. The van der Waals surface area contributed by atoms with E-state index >= 15 is 0 Å². The van der Waals surface area contributed by atoms with Crippen LogP contribution in [-0.4, -0.2) is 24.2 Å². The van der Waals surface area contributed by atoms with Crippen molar-refractivity contribution in [3.05, 3.63) is 95.0 Å². The molecular weight excluding hydrogens is 392 g/mol. The summed E-state index contributed by atoms with van der Waals surface area (Å²) in [5, 5.41) is 2.80. The molecule has 0 fully saturated rings. The zero-order valence-electron chi connectivity index (χ0n) is 16.2. The Labute approximate surface area is 178 Å². The molecule has 1 N–H and O–H groups in total. The third-order valence-corrected chi connectivity index (χ3v) is 6.18. The van der Waals surface area contributed by atoms with Crippen molar-refractivity contribution < 1.29 is 9.53 Å². The number of benzene rings is 3. The van der Waals surface area contributed by atoms with E-state index in [0.717, 1.165) is 11.1 Å². The van der Waals surface area contributed by atoms with Gasteiger partial charge in [-0.3, -0.25) is 0 Å². The van der Waals surface area contributed by atoms with Crippen LogP contribution in [0.25, 0.3) is 27.4 Å². The minimum absolute atomic E-state index is 0.0727. The quantitative estimate of drug-likeness (QED) is 0.447. The number of amides is 1. The van der Waals surface area contributed by atoms with Crippen molar-refractivity contribution in [2.75, 3.05) is 13.2 Å². The summed E-state index contributed by atoms with van der Waals surface area (Å²) in [6.45, 7) is 0.732. The summed E-state index contributed by atoms with van der Waals surface area (Å²) >= 11 is 1.63. The van der Waals surface area contributed by atoms with Crippen LogP contribution in [0.5, 0.6) is 0 Å². The van der Waals surface area contributed by atoms with Gasteiger partial charge in [-0.05, 0) is 39.9 Å². The highest BCUT2D eigenvalue weighted by Crippen LogP contribution is 2.44. The predicted octanol–water partition coefficient (Wildman–Crippen LogP) is 5.85. The number of thiazole rings is 1. The molecule has 3 aromatic carbocycles. The first-order chi connectivity index (χ1) is 14.8. The van der Waals surface area contributed by atoms with Crippen molar-refractivity contribution in [3.63, 3.8) is 0 Å². The van der Waals surface area contributed by atoms with Crippen LogP contribution in [0.15, 0.2) is 78.3 Å². The minimum atomic E-state index is -0.406. The first-order valence-corrected chi connectivity index (χ1v) is 10.8. The highest BCUT2D eigenvalue weighted by atomic mass is 32.1. The van der Waals surface area contributed by atoms with Gasteiger partial charge >= 0.3 is 6.09 Å². The summed E-state index contributed by atoms with van der Waals surface area (Å²) in [6, 6.07) is 22.8. The number of ether oxygens (including phenoxy) is 1. The van der Waals surface area contributed by atoms with E-state index < -0.39 is 6.09 Å². The summed E-state index contributed by atoms with van der Waals surface area (Å²) in [7, 11) is 0. The Morgan fingerprint density at radius 2 is 1.77 bits per heavy atom. The van der Waals surface area contributed by atoms with Gasteiger partial charge in [0.1, 0.15) is 6.61 Å². The maximum absolute atomic E-state index is 12.2. The van der Waals surface area contributed by atoms with Crippen LogP contribution in [0.1, 0.15) is 22.6 Å². The van der Waals surface area contributed by atoms with E-state index in [-0.39, 0.29) is 5.92 Å². The van der Waals surface area contributed by atoms with Gasteiger partial charge in [-0.1, -0.05) is 66.7 Å². The van der Waals surface area contributed by atoms with Crippen LogP contribution in [-0.2, 0) is 4.74 Å². The Kier molecular flexibility index (Phi) is 5.03. The molecule has 1 amide bonds. The summed E-state index contributed by atoms with van der Waals surface area (Å²) in [5.74, 6) is 0.0727. The van der Waals surface area contributed by atoms with Crippen LogP contribution >= 0.6 is 11.3 Å². The van der Waals surface area contributed by atoms with Gasteiger partial charge in [0, 0.05) is 12.5 Å². The number of rotatable bonds is 5. The Morgan fingerprint density at radius 1 is 1.03 bits per heavy atom. The van der Waals surface area contributed by atoms with Crippen molar-refractivity contribution in [1.82, 2.24) is 10.3 Å². The molecule has 0 unspecified atom stereocenters. The van der Waals surface area contributed by atoms with Gasteiger partial charge in [0.2, 0.25) is 0 Å². The molecule has 30 heavy (non-hydrogen) atoms. The van der Waals surface area contributed by atoms with Crippen molar-refractivity contribution in [1.29, 1.82) is 0 Å². The van der Waals surface area contributed by atoms with Crippen molar-refractivity contribution in [3.8, 4) is 11.1 Å². The SMILES string of the molecule is O=C(NCC=Cc1ccc2scnc2c1)OCC1c2ccccc2-c2ccccc21. The largest absolute Gasteiger partial charge is 0.449 e. The van der Waals surface area contributed by atoms with Gasteiger partial charge in [-0.2, -0.15) is 0 Å². The average molecular weight is 413 g/mol. The van der Waals surface area contributed by atoms with Crippen molar-refractivity contribution in [2.45, 2.75) is 5.92 Å². The summed E-state index contributed by atoms with van der Waals surface area (Å²) in [6.07, 6.45) is 3.48. The number of fused-ring (bicyclic) bond motifs is 4. The highest BCUT2D eigenvalue weighted by Gasteiger charge is 2.28. The number of nitrogens with one attached hydrogen (secondary N) is 1. The van der Waals surface area contributed by atoms with Crippen LogP contribution in [0, 0.1) is 0 Å². The standard InChI is InChI=1S/C25H20N2O2S/c28-25(26-13-5-6-17-11-12-24-23(14-17)27-16-30-24)29-15-22-20-9-3-1-7-18(20)19-8-2-4-10-21(19)22/h1-12,14,16,22H,13,15H2,(H,26,28). The lowest BCUT2D eigenvalue weighted by molar-refractivity contribution is 0.144. The van der Waals surface area contributed by atoms with E-state index in [2.05, 4.69) is 40.6 Å². The molecule has 1 heterocycles. The van der Waals surface area contributed by atoms with E-state index in [1.807, 2.05) is 54.1 Å². The molecule has 0 saturated carbocycles. The number of carbonyl (C=O) groups excluding carboxylic acids is 1. The molecule has 5 heteroatoms. The highest BCUT2D eigenvalue weighted by molar-refractivity contribution is 7.16. The number of hydrogen-bond donors (Lipinski definition) is 1. The van der Waals surface area contributed by atoms with Gasteiger partial charge in [0.25, 0.3) is 0 Å². The fourth-order valence-corrected chi connectivity index (χ4v) is 4.62. The molecule has 5 rings (SSSR count). The third-order valence-electron chi connectivity index (χ3n) is 5.37. The fraction of sp³-hybridized carbons (Fsp3) is 0.120. The van der Waals surface area contributed by atoms with Gasteiger partial charge in [-0.25, -0.2) is 9.78 Å². The molecule has 1 aromatic heterocycles. The molecule has 1 aliphatic rings. The van der Waals surface area contributed by atoms with E-state index in [0.29, 0.717) is 13.2 Å². The van der Waals surface area contributed by atoms with E-state index in [9.17, 15) is 4.79 Å². The van der Waals surface area contributed by atoms with Gasteiger partial charge in [0.15, 0.2) is 0 Å². The van der Waals surface area contributed by atoms with Crippen LogP contribution in [0.3, 0.4) is 0 Å². The Morgan fingerprint density at radius 3 is 2.53 bits per heavy atom. The second-order valence-corrected chi connectivity index (χ2v) is 8.07.